The lowest BCUT2D eigenvalue weighted by Gasteiger charge is -2.37. The van der Waals surface area contributed by atoms with Crippen molar-refractivity contribution in [2.75, 3.05) is 24.6 Å². The maximum atomic E-state index is 5.84. The molecule has 1 aromatic heterocycles. The molecule has 4 rings (SSSR count). The monoisotopic (exact) mass is 259 g/mol. The fourth-order valence-electron chi connectivity index (χ4n) is 3.26. The number of rotatable bonds is 3. The Morgan fingerprint density at radius 1 is 1.42 bits per heavy atom. The van der Waals surface area contributed by atoms with Gasteiger partial charge in [-0.2, -0.15) is 0 Å². The highest BCUT2D eigenvalue weighted by Gasteiger charge is 2.36. The van der Waals surface area contributed by atoms with E-state index in [9.17, 15) is 0 Å². The zero-order chi connectivity index (χ0) is 12.8. The summed E-state index contributed by atoms with van der Waals surface area (Å²) in [6.45, 7) is 5.26. The fraction of sp³-hybridized carbons (Fsp3) is 0.667. The minimum atomic E-state index is 0.533. The molecule has 1 saturated heterocycles. The third kappa shape index (κ3) is 2.08. The average molecular weight is 259 g/mol. The van der Waals surface area contributed by atoms with Crippen LogP contribution >= 0.6 is 0 Å². The lowest BCUT2D eigenvalue weighted by atomic mass is 10.1. The first-order chi connectivity index (χ1) is 9.31. The number of anilines is 1. The van der Waals surface area contributed by atoms with Crippen molar-refractivity contribution >= 4 is 5.82 Å². The third-order valence-electron chi connectivity index (χ3n) is 4.49. The molecular formula is C15H21N3O. The molecule has 19 heavy (non-hydrogen) atoms. The summed E-state index contributed by atoms with van der Waals surface area (Å²) in [4.78, 5) is 7.15. The summed E-state index contributed by atoms with van der Waals surface area (Å²) in [7, 11) is 0. The first-order valence-electron chi connectivity index (χ1n) is 7.42. The number of nitrogens with zero attached hydrogens (tertiary/aromatic N) is 2. The molecule has 0 radical (unpaired) electrons. The van der Waals surface area contributed by atoms with Crippen LogP contribution in [0, 0.1) is 5.92 Å². The maximum Gasteiger partial charge on any atom is 0.138 e. The van der Waals surface area contributed by atoms with Crippen LogP contribution in [0.25, 0.3) is 0 Å². The smallest absolute Gasteiger partial charge is 0.138 e. The van der Waals surface area contributed by atoms with Crippen molar-refractivity contribution in [2.45, 2.75) is 38.3 Å². The van der Waals surface area contributed by atoms with E-state index in [0.29, 0.717) is 12.1 Å². The van der Waals surface area contributed by atoms with Crippen LogP contribution in [0.1, 0.15) is 25.3 Å². The zero-order valence-electron chi connectivity index (χ0n) is 11.4. The number of fused-ring (bicyclic) bond motifs is 3. The van der Waals surface area contributed by atoms with Crippen LogP contribution in [0.5, 0.6) is 5.75 Å². The van der Waals surface area contributed by atoms with E-state index in [1.54, 1.807) is 0 Å². The van der Waals surface area contributed by atoms with Crippen molar-refractivity contribution in [1.29, 1.82) is 0 Å². The molecule has 2 fully saturated rings. The Morgan fingerprint density at radius 3 is 3.16 bits per heavy atom. The molecule has 4 nitrogen and oxygen atoms in total. The van der Waals surface area contributed by atoms with Gasteiger partial charge >= 0.3 is 0 Å². The molecule has 3 heterocycles. The summed E-state index contributed by atoms with van der Waals surface area (Å²) < 4.78 is 5.84. The van der Waals surface area contributed by atoms with E-state index in [1.165, 1.54) is 24.2 Å². The van der Waals surface area contributed by atoms with Crippen molar-refractivity contribution < 1.29 is 4.74 Å². The molecule has 3 aliphatic rings. The Morgan fingerprint density at radius 2 is 2.32 bits per heavy atom. The number of ether oxygens (including phenoxy) is 1. The highest BCUT2D eigenvalue weighted by molar-refractivity contribution is 5.57. The van der Waals surface area contributed by atoms with Crippen LogP contribution in [0.3, 0.4) is 0 Å². The minimum Gasteiger partial charge on any atom is -0.492 e. The SMILES string of the molecule is C[C@@H]1CNC[C@H]2Cc3cc(OCC4CC4)cnc3N21. The number of hydrogen-bond acceptors (Lipinski definition) is 4. The number of aromatic nitrogens is 1. The predicted molar refractivity (Wildman–Crippen MR) is 74.8 cm³/mol. The van der Waals surface area contributed by atoms with E-state index in [4.69, 9.17) is 4.74 Å². The van der Waals surface area contributed by atoms with Crippen LogP contribution < -0.4 is 15.0 Å². The van der Waals surface area contributed by atoms with Crippen molar-refractivity contribution in [3.8, 4) is 5.75 Å². The summed E-state index contributed by atoms with van der Waals surface area (Å²) in [5.41, 5.74) is 1.36. The van der Waals surface area contributed by atoms with Gasteiger partial charge in [0.05, 0.1) is 12.8 Å². The van der Waals surface area contributed by atoms with Crippen LogP contribution in [0.15, 0.2) is 12.3 Å². The number of nitrogens with one attached hydrogen (secondary N) is 1. The van der Waals surface area contributed by atoms with Gasteiger partial charge in [0.25, 0.3) is 0 Å². The van der Waals surface area contributed by atoms with Gasteiger partial charge in [0, 0.05) is 30.7 Å². The zero-order valence-corrected chi connectivity index (χ0v) is 11.4. The third-order valence-corrected chi connectivity index (χ3v) is 4.49. The molecule has 1 saturated carbocycles. The van der Waals surface area contributed by atoms with E-state index < -0.39 is 0 Å². The van der Waals surface area contributed by atoms with Gasteiger partial charge in [-0.05, 0) is 38.2 Å². The summed E-state index contributed by atoms with van der Waals surface area (Å²) in [6.07, 6.45) is 5.66. The van der Waals surface area contributed by atoms with Crippen LogP contribution in [-0.2, 0) is 6.42 Å². The Hall–Kier alpha value is -1.29. The molecule has 1 N–H and O–H groups in total. The van der Waals surface area contributed by atoms with E-state index >= 15 is 0 Å². The van der Waals surface area contributed by atoms with Gasteiger partial charge in [-0.1, -0.05) is 0 Å². The van der Waals surface area contributed by atoms with E-state index in [1.807, 2.05) is 6.20 Å². The summed E-state index contributed by atoms with van der Waals surface area (Å²) in [5, 5.41) is 3.50. The van der Waals surface area contributed by atoms with E-state index in [-0.39, 0.29) is 0 Å². The molecule has 4 heteroatoms. The Balaban J connectivity index is 1.55. The highest BCUT2D eigenvalue weighted by Crippen LogP contribution is 2.35. The van der Waals surface area contributed by atoms with Gasteiger partial charge in [-0.3, -0.25) is 0 Å². The van der Waals surface area contributed by atoms with Crippen molar-refractivity contribution in [1.82, 2.24) is 10.3 Å². The number of piperazine rings is 1. The highest BCUT2D eigenvalue weighted by atomic mass is 16.5. The first-order valence-corrected chi connectivity index (χ1v) is 7.42. The fourth-order valence-corrected chi connectivity index (χ4v) is 3.26. The lowest BCUT2D eigenvalue weighted by Crippen LogP contribution is -2.55. The number of pyridine rings is 1. The molecule has 0 unspecified atom stereocenters. The van der Waals surface area contributed by atoms with Gasteiger partial charge in [-0.25, -0.2) is 4.98 Å². The molecule has 2 aliphatic heterocycles. The number of hydrogen-bond donors (Lipinski definition) is 1. The Kier molecular flexibility index (Phi) is 2.65. The van der Waals surface area contributed by atoms with Gasteiger partial charge in [0.15, 0.2) is 0 Å². The first kappa shape index (κ1) is 11.5. The lowest BCUT2D eigenvalue weighted by molar-refractivity contribution is 0.298. The quantitative estimate of drug-likeness (QED) is 0.894. The summed E-state index contributed by atoms with van der Waals surface area (Å²) in [6, 6.07) is 3.31. The van der Waals surface area contributed by atoms with Crippen LogP contribution in [0.4, 0.5) is 5.82 Å². The Bertz CT molecular complexity index is 486. The molecule has 102 valence electrons. The van der Waals surface area contributed by atoms with Gasteiger partial charge < -0.3 is 15.0 Å². The van der Waals surface area contributed by atoms with Crippen molar-refractivity contribution in [2.24, 2.45) is 5.92 Å². The molecule has 0 amide bonds. The van der Waals surface area contributed by atoms with Crippen molar-refractivity contribution in [3.05, 3.63) is 17.8 Å². The summed E-state index contributed by atoms with van der Waals surface area (Å²) in [5.74, 6) is 2.92. The van der Waals surface area contributed by atoms with Crippen LogP contribution in [0.2, 0.25) is 0 Å². The van der Waals surface area contributed by atoms with Crippen molar-refractivity contribution in [3.63, 3.8) is 0 Å². The second-order valence-electron chi connectivity index (χ2n) is 6.18. The van der Waals surface area contributed by atoms with Gasteiger partial charge in [0.2, 0.25) is 0 Å². The molecule has 1 aliphatic carbocycles. The topological polar surface area (TPSA) is 37.4 Å². The molecule has 2 atom stereocenters. The molecule has 0 aromatic carbocycles. The van der Waals surface area contributed by atoms with E-state index in [0.717, 1.165) is 37.8 Å². The van der Waals surface area contributed by atoms with E-state index in [2.05, 4.69) is 28.2 Å². The standard InChI is InChI=1S/C15H21N3O/c1-10-6-16-7-13-4-12-5-14(19-9-11-2-3-11)8-17-15(12)18(10)13/h5,8,10-11,13,16H,2-4,6-7,9H2,1H3/t10-,13-/m1/s1. The largest absolute Gasteiger partial charge is 0.492 e. The maximum absolute atomic E-state index is 5.84. The normalized spacial score (nSPS) is 29.0. The Labute approximate surface area is 114 Å². The summed E-state index contributed by atoms with van der Waals surface area (Å²) >= 11 is 0. The molecule has 0 spiro atoms. The molecule has 0 bridgehead atoms. The van der Waals surface area contributed by atoms with Gasteiger partial charge in [0.1, 0.15) is 11.6 Å². The minimum absolute atomic E-state index is 0.533. The second kappa shape index (κ2) is 4.37. The van der Waals surface area contributed by atoms with Crippen LogP contribution in [-0.4, -0.2) is 36.8 Å². The average Bonchev–Trinajstić information content (AvgIpc) is 3.16. The predicted octanol–water partition coefficient (Wildman–Crippen LogP) is 1.59. The second-order valence-corrected chi connectivity index (χ2v) is 6.18. The molecular weight excluding hydrogens is 238 g/mol. The molecule has 1 aromatic rings. The van der Waals surface area contributed by atoms with Gasteiger partial charge in [-0.15, -0.1) is 0 Å².